The van der Waals surface area contributed by atoms with Crippen LogP contribution in [-0.4, -0.2) is 17.8 Å². The van der Waals surface area contributed by atoms with Crippen molar-refractivity contribution < 1.29 is 9.53 Å². The van der Waals surface area contributed by atoms with Crippen LogP contribution >= 0.6 is 27.7 Å². The molecule has 0 saturated heterocycles. The Hall–Kier alpha value is -0.680. The van der Waals surface area contributed by atoms with Crippen molar-refractivity contribution >= 4 is 39.3 Å². The van der Waals surface area contributed by atoms with Gasteiger partial charge in [0.05, 0.1) is 13.0 Å². The van der Waals surface area contributed by atoms with Gasteiger partial charge in [0.1, 0.15) is 0 Å². The number of carbonyl (C=O) groups is 1. The van der Waals surface area contributed by atoms with Crippen molar-refractivity contribution in [2.45, 2.75) is 30.4 Å². The Labute approximate surface area is 114 Å². The molecule has 0 fully saturated rings. The number of rotatable bonds is 5. The summed E-state index contributed by atoms with van der Waals surface area (Å²) in [5.74, 6) is -0.164. The molecule has 0 saturated carbocycles. The highest BCUT2D eigenvalue weighted by Gasteiger charge is 2.12. The Kier molecular flexibility index (Phi) is 5.85. The van der Waals surface area contributed by atoms with E-state index in [1.165, 1.54) is 0 Å². The lowest BCUT2D eigenvalue weighted by Crippen LogP contribution is -2.10. The molecule has 0 bridgehead atoms. The van der Waals surface area contributed by atoms with Crippen LogP contribution in [0.15, 0.2) is 27.6 Å². The van der Waals surface area contributed by atoms with Crippen LogP contribution in [0.3, 0.4) is 0 Å². The Morgan fingerprint density at radius 3 is 2.88 bits per heavy atom. The van der Waals surface area contributed by atoms with Crippen molar-refractivity contribution in [3.8, 4) is 0 Å². The summed E-state index contributed by atoms with van der Waals surface area (Å²) in [5.41, 5.74) is 6.61. The molecule has 94 valence electrons. The topological polar surface area (TPSA) is 52.3 Å². The quantitative estimate of drug-likeness (QED) is 0.513. The molecule has 0 aliphatic rings. The van der Waals surface area contributed by atoms with Crippen LogP contribution in [-0.2, 0) is 9.53 Å². The predicted molar refractivity (Wildman–Crippen MR) is 75.1 cm³/mol. The molecular weight excluding hydrogens is 302 g/mol. The molecule has 1 unspecified atom stereocenters. The van der Waals surface area contributed by atoms with Crippen molar-refractivity contribution in [3.63, 3.8) is 0 Å². The third kappa shape index (κ3) is 5.00. The number of carbonyl (C=O) groups excluding carboxylic acids is 1. The fourth-order valence-electron chi connectivity index (χ4n) is 1.34. The third-order valence-corrected chi connectivity index (χ3v) is 3.75. The molecule has 0 aliphatic heterocycles. The number of hydrogen-bond acceptors (Lipinski definition) is 4. The van der Waals surface area contributed by atoms with E-state index in [1.54, 1.807) is 11.8 Å². The summed E-state index contributed by atoms with van der Waals surface area (Å²) in [4.78, 5) is 12.3. The first kappa shape index (κ1) is 14.4. The molecular formula is C12H16BrNO2S. The average molecular weight is 318 g/mol. The number of benzene rings is 1. The normalized spacial score (nSPS) is 12.2. The fraction of sp³-hybridized carbons (Fsp3) is 0.417. The van der Waals surface area contributed by atoms with E-state index in [0.29, 0.717) is 13.0 Å². The first-order valence-electron chi connectivity index (χ1n) is 5.40. The maximum atomic E-state index is 11.3. The zero-order chi connectivity index (χ0) is 12.8. The van der Waals surface area contributed by atoms with E-state index in [2.05, 4.69) is 15.9 Å². The van der Waals surface area contributed by atoms with E-state index < -0.39 is 0 Å². The molecule has 0 spiro atoms. The number of anilines is 1. The van der Waals surface area contributed by atoms with E-state index >= 15 is 0 Å². The maximum Gasteiger partial charge on any atom is 0.306 e. The van der Waals surface area contributed by atoms with E-state index in [9.17, 15) is 4.79 Å². The minimum atomic E-state index is -0.164. The second kappa shape index (κ2) is 6.91. The van der Waals surface area contributed by atoms with Gasteiger partial charge >= 0.3 is 5.97 Å². The zero-order valence-electron chi connectivity index (χ0n) is 9.90. The van der Waals surface area contributed by atoms with Gasteiger partial charge in [0.2, 0.25) is 0 Å². The van der Waals surface area contributed by atoms with Crippen LogP contribution in [0.25, 0.3) is 0 Å². The molecule has 0 heterocycles. The number of halogens is 1. The van der Waals surface area contributed by atoms with Gasteiger partial charge < -0.3 is 10.5 Å². The first-order valence-corrected chi connectivity index (χ1v) is 7.07. The average Bonchev–Trinajstić information content (AvgIpc) is 2.22. The molecule has 1 rings (SSSR count). The Morgan fingerprint density at radius 2 is 2.29 bits per heavy atom. The third-order valence-electron chi connectivity index (χ3n) is 2.06. The molecule has 2 N–H and O–H groups in total. The highest BCUT2D eigenvalue weighted by molar-refractivity contribution is 9.10. The molecule has 1 aromatic carbocycles. The number of nitrogens with two attached hydrogens (primary N) is 1. The van der Waals surface area contributed by atoms with E-state index in [0.717, 1.165) is 15.1 Å². The van der Waals surface area contributed by atoms with Crippen LogP contribution < -0.4 is 5.73 Å². The summed E-state index contributed by atoms with van der Waals surface area (Å²) in [6.45, 7) is 4.22. The molecule has 3 nitrogen and oxygen atoms in total. The molecule has 5 heteroatoms. The summed E-state index contributed by atoms with van der Waals surface area (Å²) in [5, 5.41) is 0.150. The Bertz CT molecular complexity index is 398. The maximum absolute atomic E-state index is 11.3. The first-order chi connectivity index (χ1) is 8.02. The minimum absolute atomic E-state index is 0.150. The second-order valence-electron chi connectivity index (χ2n) is 3.62. The standard InChI is InChI=1S/C12H16BrNO2S/c1-3-16-12(15)6-8(2)17-11-5-4-9(13)7-10(11)14/h4-5,7-8H,3,6,14H2,1-2H3. The number of nitrogen functional groups attached to an aromatic ring is 1. The number of ether oxygens (including phenoxy) is 1. The minimum Gasteiger partial charge on any atom is -0.466 e. The van der Waals surface area contributed by atoms with E-state index in [4.69, 9.17) is 10.5 Å². The van der Waals surface area contributed by atoms with Crippen LogP contribution in [0.1, 0.15) is 20.3 Å². The van der Waals surface area contributed by atoms with Gasteiger partial charge in [-0.3, -0.25) is 4.79 Å². The monoisotopic (exact) mass is 317 g/mol. The summed E-state index contributed by atoms with van der Waals surface area (Å²) >= 11 is 4.95. The van der Waals surface area contributed by atoms with Crippen LogP contribution in [0, 0.1) is 0 Å². The highest BCUT2D eigenvalue weighted by Crippen LogP contribution is 2.32. The van der Waals surface area contributed by atoms with E-state index in [-0.39, 0.29) is 11.2 Å². The van der Waals surface area contributed by atoms with Crippen LogP contribution in [0.2, 0.25) is 0 Å². The van der Waals surface area contributed by atoms with Crippen LogP contribution in [0.4, 0.5) is 5.69 Å². The van der Waals surface area contributed by atoms with Gasteiger partial charge in [0, 0.05) is 20.3 Å². The van der Waals surface area contributed by atoms with Crippen LogP contribution in [0.5, 0.6) is 0 Å². The molecule has 0 radical (unpaired) electrons. The van der Waals surface area contributed by atoms with Crippen molar-refractivity contribution in [1.29, 1.82) is 0 Å². The molecule has 0 amide bonds. The summed E-state index contributed by atoms with van der Waals surface area (Å²) in [6.07, 6.45) is 0.397. The summed E-state index contributed by atoms with van der Waals surface area (Å²) in [6, 6.07) is 5.75. The lowest BCUT2D eigenvalue weighted by Gasteiger charge is -2.12. The second-order valence-corrected chi connectivity index (χ2v) is 6.02. The lowest BCUT2D eigenvalue weighted by atomic mass is 10.3. The van der Waals surface area contributed by atoms with Crippen molar-refractivity contribution in [2.75, 3.05) is 12.3 Å². The summed E-state index contributed by atoms with van der Waals surface area (Å²) < 4.78 is 5.86. The zero-order valence-corrected chi connectivity index (χ0v) is 12.3. The highest BCUT2D eigenvalue weighted by atomic mass is 79.9. The largest absolute Gasteiger partial charge is 0.466 e. The Balaban J connectivity index is 2.55. The molecule has 1 atom stereocenters. The number of esters is 1. The lowest BCUT2D eigenvalue weighted by molar-refractivity contribution is -0.142. The Morgan fingerprint density at radius 1 is 1.59 bits per heavy atom. The smallest absolute Gasteiger partial charge is 0.306 e. The van der Waals surface area contributed by atoms with Gasteiger partial charge in [-0.15, -0.1) is 11.8 Å². The van der Waals surface area contributed by atoms with Crippen molar-refractivity contribution in [1.82, 2.24) is 0 Å². The fourth-order valence-corrected chi connectivity index (χ4v) is 2.71. The molecule has 0 aromatic heterocycles. The predicted octanol–water partition coefficient (Wildman–Crippen LogP) is 3.47. The number of hydrogen-bond donors (Lipinski definition) is 1. The number of thioether (sulfide) groups is 1. The SMILES string of the molecule is CCOC(=O)CC(C)Sc1ccc(Br)cc1N. The summed E-state index contributed by atoms with van der Waals surface area (Å²) in [7, 11) is 0. The molecule has 1 aromatic rings. The molecule has 0 aliphatic carbocycles. The van der Waals surface area contributed by atoms with Gasteiger partial charge in [-0.25, -0.2) is 0 Å². The van der Waals surface area contributed by atoms with E-state index in [1.807, 2.05) is 32.0 Å². The van der Waals surface area contributed by atoms with Gasteiger partial charge in [-0.2, -0.15) is 0 Å². The molecule has 17 heavy (non-hydrogen) atoms. The van der Waals surface area contributed by atoms with Gasteiger partial charge in [-0.05, 0) is 25.1 Å². The van der Waals surface area contributed by atoms with Crippen molar-refractivity contribution in [3.05, 3.63) is 22.7 Å². The van der Waals surface area contributed by atoms with Crippen molar-refractivity contribution in [2.24, 2.45) is 0 Å². The van der Waals surface area contributed by atoms with Gasteiger partial charge in [-0.1, -0.05) is 22.9 Å². The van der Waals surface area contributed by atoms with Gasteiger partial charge in [0.15, 0.2) is 0 Å². The van der Waals surface area contributed by atoms with Gasteiger partial charge in [0.25, 0.3) is 0 Å².